The van der Waals surface area contributed by atoms with Crippen molar-refractivity contribution in [2.24, 2.45) is 5.73 Å². The number of hydrogen-bond donors (Lipinski definition) is 2. The molecule has 0 fully saturated rings. The lowest BCUT2D eigenvalue weighted by Gasteiger charge is -2.08. The first-order chi connectivity index (χ1) is 6.83. The highest BCUT2D eigenvalue weighted by molar-refractivity contribution is 5.83. The summed E-state index contributed by atoms with van der Waals surface area (Å²) >= 11 is 0. The molecule has 14 heavy (non-hydrogen) atoms. The van der Waals surface area contributed by atoms with E-state index in [9.17, 15) is 0 Å². The van der Waals surface area contributed by atoms with Crippen molar-refractivity contribution in [2.45, 2.75) is 25.8 Å². The molecule has 2 rings (SSSR count). The Morgan fingerprint density at radius 2 is 2.14 bits per heavy atom. The molecular formula is C12H16N2. The average Bonchev–Trinajstić information content (AvgIpc) is 2.61. The first-order valence-electron chi connectivity index (χ1n) is 5.14. The topological polar surface area (TPSA) is 41.8 Å². The summed E-state index contributed by atoms with van der Waals surface area (Å²) in [7, 11) is 0. The van der Waals surface area contributed by atoms with Crippen molar-refractivity contribution in [3.8, 4) is 0 Å². The number of aromatic amines is 1. The maximum atomic E-state index is 6.10. The van der Waals surface area contributed by atoms with Gasteiger partial charge in [0.05, 0.1) is 0 Å². The van der Waals surface area contributed by atoms with E-state index in [2.05, 4.69) is 30.1 Å². The predicted molar refractivity (Wildman–Crippen MR) is 60.1 cm³/mol. The van der Waals surface area contributed by atoms with Crippen LogP contribution in [0.25, 0.3) is 10.9 Å². The van der Waals surface area contributed by atoms with Crippen LogP contribution in [-0.4, -0.2) is 4.98 Å². The summed E-state index contributed by atoms with van der Waals surface area (Å²) in [5, 5.41) is 1.26. The Kier molecular flexibility index (Phi) is 2.55. The molecule has 3 N–H and O–H groups in total. The van der Waals surface area contributed by atoms with Crippen LogP contribution >= 0.6 is 0 Å². The van der Waals surface area contributed by atoms with Crippen LogP contribution < -0.4 is 5.73 Å². The molecule has 0 radical (unpaired) electrons. The van der Waals surface area contributed by atoms with E-state index in [0.717, 1.165) is 12.8 Å². The number of aromatic nitrogens is 1. The van der Waals surface area contributed by atoms with E-state index in [4.69, 9.17) is 5.73 Å². The maximum absolute atomic E-state index is 6.10. The van der Waals surface area contributed by atoms with Gasteiger partial charge in [-0.3, -0.25) is 0 Å². The summed E-state index contributed by atoms with van der Waals surface area (Å²) in [4.78, 5) is 3.25. The van der Waals surface area contributed by atoms with Crippen molar-refractivity contribution in [3.63, 3.8) is 0 Å². The first-order valence-corrected chi connectivity index (χ1v) is 5.14. The number of rotatable bonds is 3. The zero-order chi connectivity index (χ0) is 9.97. The Labute approximate surface area is 84.1 Å². The third kappa shape index (κ3) is 1.53. The third-order valence-corrected chi connectivity index (χ3v) is 2.62. The van der Waals surface area contributed by atoms with Crippen molar-refractivity contribution in [1.29, 1.82) is 0 Å². The van der Waals surface area contributed by atoms with Crippen molar-refractivity contribution in [1.82, 2.24) is 4.98 Å². The van der Waals surface area contributed by atoms with Crippen LogP contribution in [-0.2, 0) is 0 Å². The molecule has 2 nitrogen and oxygen atoms in total. The van der Waals surface area contributed by atoms with Crippen molar-refractivity contribution < 1.29 is 0 Å². The molecule has 1 aromatic heterocycles. The van der Waals surface area contributed by atoms with E-state index < -0.39 is 0 Å². The van der Waals surface area contributed by atoms with Crippen LogP contribution in [0, 0.1) is 0 Å². The molecule has 0 aliphatic rings. The summed E-state index contributed by atoms with van der Waals surface area (Å²) < 4.78 is 0. The zero-order valence-corrected chi connectivity index (χ0v) is 8.46. The van der Waals surface area contributed by atoms with Crippen LogP contribution in [0.3, 0.4) is 0 Å². The van der Waals surface area contributed by atoms with Crippen LogP contribution in [0.2, 0.25) is 0 Å². The van der Waals surface area contributed by atoms with Gasteiger partial charge in [0, 0.05) is 23.1 Å². The average molecular weight is 188 g/mol. The van der Waals surface area contributed by atoms with Crippen molar-refractivity contribution in [2.75, 3.05) is 0 Å². The fourth-order valence-electron chi connectivity index (χ4n) is 1.87. The Bertz CT molecular complexity index is 417. The van der Waals surface area contributed by atoms with E-state index in [-0.39, 0.29) is 6.04 Å². The minimum atomic E-state index is 0.163. The SMILES string of the molecule is CCC[C@@H](N)c1c[nH]c2ccccc12. The quantitative estimate of drug-likeness (QED) is 0.764. The first kappa shape index (κ1) is 9.28. The minimum absolute atomic E-state index is 0.163. The summed E-state index contributed by atoms with van der Waals surface area (Å²) in [6, 6.07) is 8.46. The highest BCUT2D eigenvalue weighted by atomic mass is 14.7. The highest BCUT2D eigenvalue weighted by Gasteiger charge is 2.09. The standard InChI is InChI=1S/C12H16N2/c1-2-5-11(13)10-8-14-12-7-4-3-6-9(10)12/h3-4,6-8,11,14H,2,5,13H2,1H3/t11-/m1/s1. The molecule has 0 aliphatic carbocycles. The predicted octanol–water partition coefficient (Wildman–Crippen LogP) is 2.97. The summed E-state index contributed by atoms with van der Waals surface area (Å²) in [6.07, 6.45) is 4.20. The van der Waals surface area contributed by atoms with Gasteiger partial charge in [-0.1, -0.05) is 31.5 Å². The van der Waals surface area contributed by atoms with Crippen LogP contribution in [0.4, 0.5) is 0 Å². The Hall–Kier alpha value is -1.28. The van der Waals surface area contributed by atoms with E-state index in [1.165, 1.54) is 16.5 Å². The minimum Gasteiger partial charge on any atom is -0.361 e. The van der Waals surface area contributed by atoms with Crippen molar-refractivity contribution in [3.05, 3.63) is 36.0 Å². The van der Waals surface area contributed by atoms with Gasteiger partial charge in [0.15, 0.2) is 0 Å². The molecule has 74 valence electrons. The fourth-order valence-corrected chi connectivity index (χ4v) is 1.87. The Morgan fingerprint density at radius 1 is 1.36 bits per heavy atom. The highest BCUT2D eigenvalue weighted by Crippen LogP contribution is 2.24. The van der Waals surface area contributed by atoms with Gasteiger partial charge in [-0.05, 0) is 18.1 Å². The Morgan fingerprint density at radius 3 is 2.93 bits per heavy atom. The number of nitrogens with two attached hydrogens (primary N) is 1. The van der Waals surface area contributed by atoms with Gasteiger partial charge in [0.25, 0.3) is 0 Å². The smallest absolute Gasteiger partial charge is 0.0457 e. The molecule has 0 spiro atoms. The third-order valence-electron chi connectivity index (χ3n) is 2.62. The van der Waals surface area contributed by atoms with Crippen LogP contribution in [0.15, 0.2) is 30.5 Å². The van der Waals surface area contributed by atoms with Gasteiger partial charge >= 0.3 is 0 Å². The number of H-pyrrole nitrogens is 1. The van der Waals surface area contributed by atoms with E-state index in [1.807, 2.05) is 12.3 Å². The molecule has 1 atom stereocenters. The van der Waals surface area contributed by atoms with E-state index >= 15 is 0 Å². The number of benzene rings is 1. The van der Waals surface area contributed by atoms with Gasteiger partial charge in [-0.2, -0.15) is 0 Å². The number of para-hydroxylation sites is 1. The lowest BCUT2D eigenvalue weighted by Crippen LogP contribution is -2.08. The summed E-state index contributed by atoms with van der Waals surface area (Å²) in [5.41, 5.74) is 8.51. The van der Waals surface area contributed by atoms with Gasteiger partial charge in [-0.15, -0.1) is 0 Å². The maximum Gasteiger partial charge on any atom is 0.0457 e. The molecule has 0 bridgehead atoms. The molecule has 1 heterocycles. The van der Waals surface area contributed by atoms with Gasteiger partial charge in [0.1, 0.15) is 0 Å². The number of nitrogens with one attached hydrogen (secondary N) is 1. The number of hydrogen-bond acceptors (Lipinski definition) is 1. The molecule has 0 unspecified atom stereocenters. The van der Waals surface area contributed by atoms with Gasteiger partial charge in [0.2, 0.25) is 0 Å². The van der Waals surface area contributed by atoms with Crippen LogP contribution in [0.5, 0.6) is 0 Å². The molecule has 1 aromatic carbocycles. The molecule has 2 heteroatoms. The van der Waals surface area contributed by atoms with Gasteiger partial charge in [-0.25, -0.2) is 0 Å². The van der Waals surface area contributed by atoms with E-state index in [1.54, 1.807) is 0 Å². The van der Waals surface area contributed by atoms with Crippen LogP contribution in [0.1, 0.15) is 31.4 Å². The Balaban J connectivity index is 2.42. The fraction of sp³-hybridized carbons (Fsp3) is 0.333. The second-order valence-electron chi connectivity index (χ2n) is 3.68. The second-order valence-corrected chi connectivity index (χ2v) is 3.68. The lowest BCUT2D eigenvalue weighted by molar-refractivity contribution is 0.642. The zero-order valence-electron chi connectivity index (χ0n) is 8.46. The molecule has 0 amide bonds. The lowest BCUT2D eigenvalue weighted by atomic mass is 10.0. The molecule has 0 saturated heterocycles. The molecule has 0 aliphatic heterocycles. The second kappa shape index (κ2) is 3.84. The van der Waals surface area contributed by atoms with Crippen molar-refractivity contribution >= 4 is 10.9 Å². The largest absolute Gasteiger partial charge is 0.361 e. The van der Waals surface area contributed by atoms with Gasteiger partial charge < -0.3 is 10.7 Å². The summed E-state index contributed by atoms with van der Waals surface area (Å²) in [6.45, 7) is 2.16. The molecule has 2 aromatic rings. The molecule has 0 saturated carbocycles. The molecular weight excluding hydrogens is 172 g/mol. The van der Waals surface area contributed by atoms with E-state index in [0.29, 0.717) is 0 Å². The monoisotopic (exact) mass is 188 g/mol. The normalized spacial score (nSPS) is 13.3. The summed E-state index contributed by atoms with van der Waals surface area (Å²) in [5.74, 6) is 0. The number of fused-ring (bicyclic) bond motifs is 1.